The lowest BCUT2D eigenvalue weighted by molar-refractivity contribution is 0.172. The predicted molar refractivity (Wildman–Crippen MR) is 83.0 cm³/mol. The Balaban J connectivity index is 2.35. The van der Waals surface area contributed by atoms with Crippen LogP contribution in [0.5, 0.6) is 5.75 Å². The van der Waals surface area contributed by atoms with Gasteiger partial charge < -0.3 is 14.5 Å². The van der Waals surface area contributed by atoms with Gasteiger partial charge >= 0.3 is 0 Å². The first-order valence-corrected chi connectivity index (χ1v) is 7.57. The minimum Gasteiger partial charge on any atom is -0.493 e. The Kier molecular flexibility index (Phi) is 5.58. The molecule has 1 aromatic heterocycles. The summed E-state index contributed by atoms with van der Waals surface area (Å²) in [5, 5.41) is 4.40. The van der Waals surface area contributed by atoms with Crippen LogP contribution in [0.2, 0.25) is 0 Å². The maximum Gasteiger partial charge on any atom is 0.161 e. The van der Waals surface area contributed by atoms with Crippen molar-refractivity contribution >= 4 is 0 Å². The van der Waals surface area contributed by atoms with Crippen molar-refractivity contribution in [3.05, 3.63) is 11.9 Å². The van der Waals surface area contributed by atoms with Crippen molar-refractivity contribution in [3.8, 4) is 5.75 Å². The number of likely N-dealkylation sites (N-methyl/N-ethyl adjacent to an activating group) is 2. The number of nitrogens with two attached hydrogens (primary N) is 1. The number of nitrogens with zero attached hydrogens (tertiary/aromatic N) is 4. The molecule has 0 spiro atoms. The molecular formula is C14H28N6O. The van der Waals surface area contributed by atoms with E-state index in [1.54, 1.807) is 13.3 Å². The van der Waals surface area contributed by atoms with E-state index in [9.17, 15) is 0 Å². The number of methoxy groups -OCH3 is 1. The zero-order valence-corrected chi connectivity index (χ0v) is 13.5. The van der Waals surface area contributed by atoms with Gasteiger partial charge in [-0.3, -0.25) is 10.5 Å². The second-order valence-corrected chi connectivity index (χ2v) is 5.72. The third kappa shape index (κ3) is 3.37. The number of rotatable bonds is 5. The molecule has 3 N–H and O–H groups in total. The molecule has 1 aliphatic heterocycles. The molecule has 1 aromatic rings. The first kappa shape index (κ1) is 16.2. The highest BCUT2D eigenvalue weighted by atomic mass is 16.5. The Bertz CT molecular complexity index is 427. The van der Waals surface area contributed by atoms with E-state index in [0.717, 1.165) is 37.6 Å². The fourth-order valence-electron chi connectivity index (χ4n) is 3.14. The molecule has 0 bridgehead atoms. The second-order valence-electron chi connectivity index (χ2n) is 5.72. The van der Waals surface area contributed by atoms with Crippen molar-refractivity contribution in [1.82, 2.24) is 25.0 Å². The van der Waals surface area contributed by atoms with Gasteiger partial charge in [0.2, 0.25) is 0 Å². The van der Waals surface area contributed by atoms with Crippen LogP contribution in [0.3, 0.4) is 0 Å². The summed E-state index contributed by atoms with van der Waals surface area (Å²) in [5.41, 5.74) is 4.02. The van der Waals surface area contributed by atoms with Crippen LogP contribution in [-0.2, 0) is 6.54 Å². The third-order valence-electron chi connectivity index (χ3n) is 4.34. The van der Waals surface area contributed by atoms with Crippen LogP contribution in [0.25, 0.3) is 0 Å². The van der Waals surface area contributed by atoms with Gasteiger partial charge in [0.1, 0.15) is 5.69 Å². The molecule has 2 heterocycles. The number of aryl methyl sites for hydroxylation is 1. The molecule has 0 saturated carbocycles. The molecule has 0 aromatic carbocycles. The van der Waals surface area contributed by atoms with Crippen LogP contribution in [-0.4, -0.2) is 66.5 Å². The molecule has 21 heavy (non-hydrogen) atoms. The minimum absolute atomic E-state index is 0.0204. The van der Waals surface area contributed by atoms with Crippen LogP contribution in [0.1, 0.15) is 25.1 Å². The summed E-state index contributed by atoms with van der Waals surface area (Å²) in [4.78, 5) is 4.73. The number of nitrogens with one attached hydrogen (secondary N) is 1. The van der Waals surface area contributed by atoms with E-state index in [-0.39, 0.29) is 12.1 Å². The minimum atomic E-state index is -0.0204. The van der Waals surface area contributed by atoms with E-state index in [4.69, 9.17) is 10.6 Å². The highest BCUT2D eigenvalue weighted by Crippen LogP contribution is 2.29. The lowest BCUT2D eigenvalue weighted by atomic mass is 10.0. The SMILES string of the molecule is CCn1ncc(OC)c1C(NN)C1CN(C)CCCN1C. The Morgan fingerprint density at radius 2 is 2.24 bits per heavy atom. The third-order valence-corrected chi connectivity index (χ3v) is 4.34. The molecule has 0 amide bonds. The Morgan fingerprint density at radius 3 is 2.86 bits per heavy atom. The zero-order valence-electron chi connectivity index (χ0n) is 13.5. The first-order chi connectivity index (χ1) is 10.1. The summed E-state index contributed by atoms with van der Waals surface area (Å²) in [6.07, 6.45) is 2.94. The molecule has 7 nitrogen and oxygen atoms in total. The van der Waals surface area contributed by atoms with Crippen molar-refractivity contribution in [2.24, 2.45) is 5.84 Å². The highest BCUT2D eigenvalue weighted by molar-refractivity contribution is 5.29. The van der Waals surface area contributed by atoms with Gasteiger partial charge in [-0.25, -0.2) is 5.43 Å². The average molecular weight is 296 g/mol. The summed E-state index contributed by atoms with van der Waals surface area (Å²) in [6, 6.07) is 0.256. The van der Waals surface area contributed by atoms with Gasteiger partial charge in [0, 0.05) is 19.1 Å². The summed E-state index contributed by atoms with van der Waals surface area (Å²) >= 11 is 0. The topological polar surface area (TPSA) is 71.6 Å². The first-order valence-electron chi connectivity index (χ1n) is 7.57. The molecule has 0 radical (unpaired) electrons. The van der Waals surface area contributed by atoms with Gasteiger partial charge in [0.25, 0.3) is 0 Å². The van der Waals surface area contributed by atoms with Crippen LogP contribution in [0, 0.1) is 0 Å². The van der Waals surface area contributed by atoms with Crippen molar-refractivity contribution in [1.29, 1.82) is 0 Å². The van der Waals surface area contributed by atoms with Crippen molar-refractivity contribution < 1.29 is 4.74 Å². The van der Waals surface area contributed by atoms with Gasteiger partial charge in [0.05, 0.1) is 19.3 Å². The lowest BCUT2D eigenvalue weighted by Crippen LogP contribution is -2.49. The number of hydrogen-bond acceptors (Lipinski definition) is 6. The van der Waals surface area contributed by atoms with Crippen LogP contribution in [0.15, 0.2) is 6.20 Å². The molecule has 2 rings (SSSR count). The molecule has 1 aliphatic rings. The van der Waals surface area contributed by atoms with Crippen molar-refractivity contribution in [2.75, 3.05) is 40.8 Å². The lowest BCUT2D eigenvalue weighted by Gasteiger charge is -2.34. The van der Waals surface area contributed by atoms with E-state index in [1.807, 2.05) is 4.68 Å². The van der Waals surface area contributed by atoms with Gasteiger partial charge in [-0.1, -0.05) is 0 Å². The maximum absolute atomic E-state index is 5.91. The van der Waals surface area contributed by atoms with E-state index in [1.165, 1.54) is 6.42 Å². The zero-order chi connectivity index (χ0) is 15.4. The second kappa shape index (κ2) is 7.22. The Morgan fingerprint density at radius 1 is 1.48 bits per heavy atom. The smallest absolute Gasteiger partial charge is 0.161 e. The molecule has 7 heteroatoms. The van der Waals surface area contributed by atoms with Gasteiger partial charge in [0.15, 0.2) is 5.75 Å². The molecule has 2 atom stereocenters. The van der Waals surface area contributed by atoms with Crippen molar-refractivity contribution in [2.45, 2.75) is 32.0 Å². The number of aromatic nitrogens is 2. The molecule has 120 valence electrons. The predicted octanol–water partition coefficient (Wildman–Crippen LogP) is 0.0519. The fourth-order valence-corrected chi connectivity index (χ4v) is 3.14. The van der Waals surface area contributed by atoms with E-state index in [0.29, 0.717) is 0 Å². The summed E-state index contributed by atoms with van der Waals surface area (Å²) in [5.74, 6) is 6.70. The van der Waals surface area contributed by atoms with E-state index in [2.05, 4.69) is 41.3 Å². The normalized spacial score (nSPS) is 23.0. The number of hydrogen-bond donors (Lipinski definition) is 2. The van der Waals surface area contributed by atoms with Crippen LogP contribution in [0.4, 0.5) is 0 Å². The van der Waals surface area contributed by atoms with Crippen LogP contribution < -0.4 is 16.0 Å². The number of ether oxygens (including phenoxy) is 1. The number of hydrazine groups is 1. The van der Waals surface area contributed by atoms with Crippen molar-refractivity contribution in [3.63, 3.8) is 0 Å². The molecule has 2 unspecified atom stereocenters. The largest absolute Gasteiger partial charge is 0.493 e. The monoisotopic (exact) mass is 296 g/mol. The standard InChI is InChI=1S/C14H28N6O/c1-5-20-14(12(21-4)9-16-20)13(17-15)11-10-18(2)7-6-8-19(11)3/h9,11,13,17H,5-8,10,15H2,1-4H3. The van der Waals surface area contributed by atoms with Gasteiger partial charge in [-0.05, 0) is 40.5 Å². The maximum atomic E-state index is 5.91. The van der Waals surface area contributed by atoms with E-state index >= 15 is 0 Å². The van der Waals surface area contributed by atoms with Gasteiger partial charge in [-0.15, -0.1) is 0 Å². The quantitative estimate of drug-likeness (QED) is 0.591. The Labute approximate surface area is 127 Å². The molecule has 1 fully saturated rings. The fraction of sp³-hybridized carbons (Fsp3) is 0.786. The molecular weight excluding hydrogens is 268 g/mol. The molecule has 0 aliphatic carbocycles. The summed E-state index contributed by atoms with van der Waals surface area (Å²) < 4.78 is 7.44. The molecule has 1 saturated heterocycles. The van der Waals surface area contributed by atoms with Gasteiger partial charge in [-0.2, -0.15) is 5.10 Å². The Hall–Kier alpha value is -1.15. The van der Waals surface area contributed by atoms with E-state index < -0.39 is 0 Å². The summed E-state index contributed by atoms with van der Waals surface area (Å²) in [6.45, 7) is 6.01. The van der Waals surface area contributed by atoms with Crippen LogP contribution >= 0.6 is 0 Å². The summed E-state index contributed by atoms with van der Waals surface area (Å²) in [7, 11) is 6.00. The highest BCUT2D eigenvalue weighted by Gasteiger charge is 2.33. The average Bonchev–Trinajstić information content (AvgIpc) is 2.81.